The maximum atomic E-state index is 12.6. The molecule has 1 aliphatic heterocycles. The molecule has 0 aliphatic carbocycles. The van der Waals surface area contributed by atoms with Gasteiger partial charge in [-0.05, 0) is 45.2 Å². The van der Waals surface area contributed by atoms with Gasteiger partial charge < -0.3 is 4.74 Å². The average Bonchev–Trinajstić information content (AvgIpc) is 3.11. The van der Waals surface area contributed by atoms with Crippen LogP contribution in [0.25, 0.3) is 0 Å². The number of nitrogens with zero attached hydrogens (tertiary/aromatic N) is 1. The molecule has 1 saturated heterocycles. The Morgan fingerprint density at radius 2 is 1.96 bits per heavy atom. The highest BCUT2D eigenvalue weighted by Gasteiger charge is 2.38. The Labute approximate surface area is 153 Å². The Bertz CT molecular complexity index is 502. The van der Waals surface area contributed by atoms with E-state index in [2.05, 4.69) is 49.1 Å². The molecule has 140 valence electrons. The van der Waals surface area contributed by atoms with Crippen LogP contribution in [0.4, 0.5) is 0 Å². The minimum Gasteiger partial charge on any atom is -0.466 e. The third kappa shape index (κ3) is 5.57. The van der Waals surface area contributed by atoms with Gasteiger partial charge in [0.1, 0.15) is 0 Å². The molecule has 1 aliphatic rings. The van der Waals surface area contributed by atoms with E-state index in [9.17, 15) is 4.79 Å². The minimum absolute atomic E-state index is 0.0103. The van der Waals surface area contributed by atoms with E-state index >= 15 is 0 Å². The van der Waals surface area contributed by atoms with Crippen molar-refractivity contribution in [2.75, 3.05) is 13.2 Å². The van der Waals surface area contributed by atoms with E-state index in [4.69, 9.17) is 4.74 Å². The molecule has 0 spiro atoms. The Hall–Kier alpha value is -1.35. The summed E-state index contributed by atoms with van der Waals surface area (Å²) in [6.45, 7) is 7.96. The van der Waals surface area contributed by atoms with E-state index < -0.39 is 0 Å². The van der Waals surface area contributed by atoms with Crippen LogP contribution in [-0.4, -0.2) is 30.1 Å². The maximum Gasteiger partial charge on any atom is 0.310 e. The summed E-state index contributed by atoms with van der Waals surface area (Å²) in [5, 5.41) is 0. The maximum absolute atomic E-state index is 12.6. The van der Waals surface area contributed by atoms with Crippen LogP contribution < -0.4 is 0 Å². The van der Waals surface area contributed by atoms with Gasteiger partial charge in [0, 0.05) is 12.1 Å². The molecule has 25 heavy (non-hydrogen) atoms. The van der Waals surface area contributed by atoms with Crippen LogP contribution in [0.5, 0.6) is 0 Å². The number of hydrogen-bond donors (Lipinski definition) is 0. The third-order valence-corrected chi connectivity index (χ3v) is 5.54. The van der Waals surface area contributed by atoms with Crippen LogP contribution in [0.3, 0.4) is 0 Å². The number of carbonyl (C=O) groups is 1. The zero-order valence-corrected chi connectivity index (χ0v) is 16.2. The summed E-state index contributed by atoms with van der Waals surface area (Å²) in [7, 11) is 0. The second-order valence-corrected chi connectivity index (χ2v) is 7.24. The summed E-state index contributed by atoms with van der Waals surface area (Å²) in [6.07, 6.45) is 8.06. The number of benzene rings is 1. The number of rotatable bonds is 10. The third-order valence-electron chi connectivity index (χ3n) is 5.54. The van der Waals surface area contributed by atoms with Gasteiger partial charge in [0.25, 0.3) is 0 Å². The first-order chi connectivity index (χ1) is 12.2. The smallest absolute Gasteiger partial charge is 0.310 e. The van der Waals surface area contributed by atoms with Crippen LogP contribution in [-0.2, 0) is 9.53 Å². The van der Waals surface area contributed by atoms with Gasteiger partial charge in [0.2, 0.25) is 0 Å². The number of hydrogen-bond acceptors (Lipinski definition) is 3. The Morgan fingerprint density at radius 3 is 2.64 bits per heavy atom. The second kappa shape index (κ2) is 10.6. The van der Waals surface area contributed by atoms with Crippen molar-refractivity contribution < 1.29 is 9.53 Å². The molecule has 0 radical (unpaired) electrons. The SMILES string of the molecule is CCCCCC[C@@H](C(=O)OCC)[C@H]1CCCN1[C@@H](C)c1ccccc1. The van der Waals surface area contributed by atoms with Gasteiger partial charge in [-0.1, -0.05) is 62.9 Å². The van der Waals surface area contributed by atoms with Crippen molar-refractivity contribution in [3.8, 4) is 0 Å². The van der Waals surface area contributed by atoms with Gasteiger partial charge in [-0.2, -0.15) is 0 Å². The summed E-state index contributed by atoms with van der Waals surface area (Å²) in [5.41, 5.74) is 1.34. The molecular formula is C22H35NO2. The highest BCUT2D eigenvalue weighted by Crippen LogP contribution is 2.35. The molecule has 3 nitrogen and oxygen atoms in total. The van der Waals surface area contributed by atoms with E-state index in [-0.39, 0.29) is 11.9 Å². The fourth-order valence-corrected chi connectivity index (χ4v) is 4.16. The highest BCUT2D eigenvalue weighted by atomic mass is 16.5. The van der Waals surface area contributed by atoms with Crippen LogP contribution in [0, 0.1) is 5.92 Å². The van der Waals surface area contributed by atoms with Crippen LogP contribution >= 0.6 is 0 Å². The van der Waals surface area contributed by atoms with Gasteiger partial charge in [-0.15, -0.1) is 0 Å². The average molecular weight is 346 g/mol. The molecule has 0 saturated carbocycles. The van der Waals surface area contributed by atoms with Crippen molar-refractivity contribution in [2.45, 2.75) is 77.8 Å². The van der Waals surface area contributed by atoms with Crippen molar-refractivity contribution in [3.63, 3.8) is 0 Å². The zero-order chi connectivity index (χ0) is 18.1. The summed E-state index contributed by atoms with van der Waals surface area (Å²) in [5.74, 6) is 0.0293. The monoisotopic (exact) mass is 345 g/mol. The van der Waals surface area contributed by atoms with E-state index in [1.165, 1.54) is 31.2 Å². The van der Waals surface area contributed by atoms with Crippen LogP contribution in [0.2, 0.25) is 0 Å². The number of esters is 1. The molecule has 0 N–H and O–H groups in total. The molecule has 2 rings (SSSR count). The lowest BCUT2D eigenvalue weighted by Gasteiger charge is -2.35. The van der Waals surface area contributed by atoms with Crippen molar-refractivity contribution in [3.05, 3.63) is 35.9 Å². The van der Waals surface area contributed by atoms with E-state index in [1.807, 2.05) is 6.92 Å². The molecule has 0 unspecified atom stereocenters. The molecule has 0 bridgehead atoms. The largest absolute Gasteiger partial charge is 0.466 e. The number of carbonyl (C=O) groups excluding carboxylic acids is 1. The molecule has 3 heteroatoms. The number of likely N-dealkylation sites (tertiary alicyclic amines) is 1. The van der Waals surface area contributed by atoms with Gasteiger partial charge in [-0.3, -0.25) is 9.69 Å². The summed E-state index contributed by atoms with van der Waals surface area (Å²) < 4.78 is 5.44. The van der Waals surface area contributed by atoms with Gasteiger partial charge in [0.05, 0.1) is 12.5 Å². The van der Waals surface area contributed by atoms with Crippen molar-refractivity contribution >= 4 is 5.97 Å². The predicted octanol–water partition coefficient (Wildman–Crippen LogP) is 5.36. The van der Waals surface area contributed by atoms with Crippen molar-refractivity contribution in [1.29, 1.82) is 0 Å². The topological polar surface area (TPSA) is 29.5 Å². The minimum atomic E-state index is 0.0103. The Morgan fingerprint density at radius 1 is 1.20 bits per heavy atom. The number of ether oxygens (including phenoxy) is 1. The van der Waals surface area contributed by atoms with E-state index in [1.54, 1.807) is 0 Å². The Balaban J connectivity index is 2.09. The van der Waals surface area contributed by atoms with Gasteiger partial charge >= 0.3 is 5.97 Å². The summed E-state index contributed by atoms with van der Waals surface area (Å²) >= 11 is 0. The molecule has 3 atom stereocenters. The first-order valence-electron chi connectivity index (χ1n) is 10.2. The van der Waals surface area contributed by atoms with E-state index in [0.29, 0.717) is 18.7 Å². The Kier molecular flexibility index (Phi) is 8.47. The molecule has 0 aromatic heterocycles. The molecule has 0 amide bonds. The van der Waals surface area contributed by atoms with Crippen molar-refractivity contribution in [2.24, 2.45) is 5.92 Å². The molecule has 1 fully saturated rings. The molecule has 1 aromatic carbocycles. The van der Waals surface area contributed by atoms with E-state index in [0.717, 1.165) is 25.8 Å². The van der Waals surface area contributed by atoms with Gasteiger partial charge in [0.15, 0.2) is 0 Å². The van der Waals surface area contributed by atoms with Gasteiger partial charge in [-0.25, -0.2) is 0 Å². The predicted molar refractivity (Wildman–Crippen MR) is 103 cm³/mol. The van der Waals surface area contributed by atoms with Crippen molar-refractivity contribution in [1.82, 2.24) is 4.90 Å². The quantitative estimate of drug-likeness (QED) is 0.422. The normalized spacial score (nSPS) is 20.4. The van der Waals surface area contributed by atoms with Crippen LogP contribution in [0.15, 0.2) is 30.3 Å². The highest BCUT2D eigenvalue weighted by molar-refractivity contribution is 5.73. The molecule has 1 aromatic rings. The first kappa shape index (κ1) is 20.0. The molecular weight excluding hydrogens is 310 g/mol. The summed E-state index contributed by atoms with van der Waals surface area (Å²) in [4.78, 5) is 15.2. The zero-order valence-electron chi connectivity index (χ0n) is 16.2. The molecule has 1 heterocycles. The lowest BCUT2D eigenvalue weighted by Crippen LogP contribution is -2.41. The fraction of sp³-hybridized carbons (Fsp3) is 0.682. The fourth-order valence-electron chi connectivity index (χ4n) is 4.16. The first-order valence-corrected chi connectivity index (χ1v) is 10.2. The lowest BCUT2D eigenvalue weighted by molar-refractivity contribution is -0.150. The number of unbranched alkanes of at least 4 members (excludes halogenated alkanes) is 3. The second-order valence-electron chi connectivity index (χ2n) is 7.24. The summed E-state index contributed by atoms with van der Waals surface area (Å²) in [6, 6.07) is 11.3. The standard InChI is InChI=1S/C22H35NO2/c1-4-6-7-11-15-20(22(24)25-5-2)21-16-12-17-23(21)18(3)19-13-9-8-10-14-19/h8-10,13-14,18,20-21H,4-7,11-12,15-17H2,1-3H3/t18-,20+,21+/m0/s1. The lowest BCUT2D eigenvalue weighted by atomic mass is 9.90. The van der Waals surface area contributed by atoms with Crippen LogP contribution in [0.1, 0.15) is 77.3 Å².